The van der Waals surface area contributed by atoms with Gasteiger partial charge >= 0.3 is 0 Å². The third-order valence-electron chi connectivity index (χ3n) is 5.36. The molecular formula is C22H29ClN2O2. The number of hydroxylamine groups is 3. The zero-order valence-corrected chi connectivity index (χ0v) is 16.7. The van der Waals surface area contributed by atoms with Crippen LogP contribution < -0.4 is 4.90 Å². The van der Waals surface area contributed by atoms with Gasteiger partial charge in [0.15, 0.2) is 0 Å². The van der Waals surface area contributed by atoms with Crippen LogP contribution in [0, 0.1) is 5.21 Å². The van der Waals surface area contributed by atoms with Crippen LogP contribution in [0.2, 0.25) is 0 Å². The van der Waals surface area contributed by atoms with E-state index < -0.39 is 0 Å². The molecule has 4 nitrogen and oxygen atoms in total. The first-order valence-electron chi connectivity index (χ1n) is 9.59. The third-order valence-corrected chi connectivity index (χ3v) is 5.36. The van der Waals surface area contributed by atoms with Crippen LogP contribution in [-0.4, -0.2) is 36.2 Å². The number of amides is 1. The number of piperidine rings is 1. The second kappa shape index (κ2) is 9.88. The lowest BCUT2D eigenvalue weighted by Gasteiger charge is -2.49. The quantitative estimate of drug-likeness (QED) is 0.537. The van der Waals surface area contributed by atoms with Gasteiger partial charge in [0.2, 0.25) is 5.91 Å². The first kappa shape index (κ1) is 21.4. The van der Waals surface area contributed by atoms with Gasteiger partial charge in [0.1, 0.15) is 0 Å². The van der Waals surface area contributed by atoms with Gasteiger partial charge in [-0.05, 0) is 17.7 Å². The Hall–Kier alpha value is -1.88. The summed E-state index contributed by atoms with van der Waals surface area (Å²) in [5.74, 6) is 0.136. The van der Waals surface area contributed by atoms with Crippen molar-refractivity contribution in [2.45, 2.75) is 38.6 Å². The fourth-order valence-corrected chi connectivity index (χ4v) is 3.80. The molecule has 0 N–H and O–H groups in total. The molecule has 0 bridgehead atoms. The van der Waals surface area contributed by atoms with Crippen molar-refractivity contribution < 1.29 is 9.44 Å². The van der Waals surface area contributed by atoms with Crippen molar-refractivity contribution >= 4 is 24.0 Å². The third kappa shape index (κ3) is 5.55. The predicted molar refractivity (Wildman–Crippen MR) is 113 cm³/mol. The number of anilines is 1. The Morgan fingerprint density at radius 1 is 1.04 bits per heavy atom. The number of quaternary nitrogens is 1. The van der Waals surface area contributed by atoms with Gasteiger partial charge in [0.05, 0.1) is 19.6 Å². The minimum Gasteiger partial charge on any atom is -0.633 e. The summed E-state index contributed by atoms with van der Waals surface area (Å²) in [4.78, 5) is 14.4. The van der Waals surface area contributed by atoms with E-state index in [1.165, 1.54) is 5.56 Å². The molecule has 2 aromatic rings. The molecule has 0 radical (unpaired) electrons. The minimum absolute atomic E-state index is 0. The van der Waals surface area contributed by atoms with E-state index in [4.69, 9.17) is 0 Å². The number of hydrogen-bond donors (Lipinski definition) is 0. The lowest BCUT2D eigenvalue weighted by Crippen LogP contribution is -2.55. The van der Waals surface area contributed by atoms with Gasteiger partial charge < -0.3 is 14.8 Å². The summed E-state index contributed by atoms with van der Waals surface area (Å²) in [7, 11) is 0. The fourth-order valence-electron chi connectivity index (χ4n) is 3.80. The molecule has 0 saturated carbocycles. The minimum atomic E-state index is -0.145. The van der Waals surface area contributed by atoms with Crippen molar-refractivity contribution in [3.8, 4) is 0 Å². The summed E-state index contributed by atoms with van der Waals surface area (Å²) >= 11 is 0. The predicted octanol–water partition coefficient (Wildman–Crippen LogP) is 4.57. The molecule has 0 atom stereocenters. The van der Waals surface area contributed by atoms with Crippen LogP contribution in [0.25, 0.3) is 0 Å². The normalized spacial score (nSPS) is 21.9. The molecule has 2 aromatic carbocycles. The van der Waals surface area contributed by atoms with Crippen molar-refractivity contribution in [1.82, 2.24) is 0 Å². The first-order chi connectivity index (χ1) is 12.6. The van der Waals surface area contributed by atoms with Crippen molar-refractivity contribution in [2.24, 2.45) is 0 Å². The molecule has 5 heteroatoms. The Morgan fingerprint density at radius 3 is 2.15 bits per heavy atom. The van der Waals surface area contributed by atoms with Gasteiger partial charge in [-0.25, -0.2) is 0 Å². The molecule has 1 saturated heterocycles. The molecule has 1 aliphatic heterocycles. The number of nitrogens with zero attached hydrogens (tertiary/aromatic N) is 2. The molecule has 146 valence electrons. The number of halogens is 1. The smallest absolute Gasteiger partial charge is 0.226 e. The zero-order chi connectivity index (χ0) is 18.4. The number of hydrogen-bond acceptors (Lipinski definition) is 2. The molecule has 27 heavy (non-hydrogen) atoms. The number of carbonyl (C=O) groups excluding carboxylic acids is 1. The average molecular weight is 389 g/mol. The molecular weight excluding hydrogens is 360 g/mol. The largest absolute Gasteiger partial charge is 0.633 e. The number of para-hydroxylation sites is 1. The lowest BCUT2D eigenvalue weighted by atomic mass is 10.0. The molecule has 0 aliphatic carbocycles. The van der Waals surface area contributed by atoms with Gasteiger partial charge in [0.25, 0.3) is 0 Å². The fraction of sp³-hybridized carbons (Fsp3) is 0.409. The monoisotopic (exact) mass is 388 g/mol. The highest BCUT2D eigenvalue weighted by Gasteiger charge is 2.32. The van der Waals surface area contributed by atoms with Crippen LogP contribution in [-0.2, 0) is 11.2 Å². The summed E-state index contributed by atoms with van der Waals surface area (Å²) in [6.07, 6.45) is 2.82. The topological polar surface area (TPSA) is 43.4 Å². The second-order valence-electron chi connectivity index (χ2n) is 7.15. The van der Waals surface area contributed by atoms with Gasteiger partial charge in [-0.15, -0.1) is 12.4 Å². The summed E-state index contributed by atoms with van der Waals surface area (Å²) in [5, 5.41) is 13.1. The van der Waals surface area contributed by atoms with E-state index in [-0.39, 0.29) is 29.0 Å². The molecule has 1 fully saturated rings. The molecule has 0 spiro atoms. The maximum Gasteiger partial charge on any atom is 0.226 e. The molecule has 1 amide bonds. The van der Waals surface area contributed by atoms with E-state index in [2.05, 4.69) is 12.1 Å². The van der Waals surface area contributed by atoms with Gasteiger partial charge in [-0.3, -0.25) is 4.79 Å². The summed E-state index contributed by atoms with van der Waals surface area (Å²) in [6, 6.07) is 20.2. The molecule has 1 aliphatic rings. The van der Waals surface area contributed by atoms with Crippen LogP contribution in [0.15, 0.2) is 60.7 Å². The standard InChI is InChI=1S/C22H28N2O2.ClH/c1-2-22(25)23(20-11-7-4-8-12-20)21-14-17-24(26,18-15-21)16-13-19-9-5-3-6-10-19;/h3-12,21H,2,13-18H2,1H3;1H. The zero-order valence-electron chi connectivity index (χ0n) is 15.9. The Morgan fingerprint density at radius 2 is 1.59 bits per heavy atom. The van der Waals surface area contributed by atoms with E-state index in [0.717, 1.165) is 24.9 Å². The van der Waals surface area contributed by atoms with Crippen molar-refractivity contribution in [1.29, 1.82) is 0 Å². The average Bonchev–Trinajstić information content (AvgIpc) is 2.70. The second-order valence-corrected chi connectivity index (χ2v) is 7.15. The Labute approximate surface area is 168 Å². The maximum atomic E-state index is 13.1. The van der Waals surface area contributed by atoms with Gasteiger partial charge in [-0.1, -0.05) is 55.5 Å². The maximum absolute atomic E-state index is 13.1. The van der Waals surface area contributed by atoms with Crippen molar-refractivity contribution in [3.05, 3.63) is 71.4 Å². The Bertz CT molecular complexity index is 701. The van der Waals surface area contributed by atoms with Gasteiger partial charge in [-0.2, -0.15) is 0 Å². The molecule has 0 aromatic heterocycles. The molecule has 0 unspecified atom stereocenters. The number of benzene rings is 2. The van der Waals surface area contributed by atoms with E-state index in [1.54, 1.807) is 0 Å². The van der Waals surface area contributed by atoms with E-state index in [1.807, 2.05) is 60.4 Å². The van der Waals surface area contributed by atoms with Crippen molar-refractivity contribution in [2.75, 3.05) is 24.5 Å². The van der Waals surface area contributed by atoms with Crippen LogP contribution in [0.3, 0.4) is 0 Å². The molecule has 1 heterocycles. The van der Waals surface area contributed by atoms with Crippen LogP contribution in [0.4, 0.5) is 5.69 Å². The number of carbonyl (C=O) groups is 1. The lowest BCUT2D eigenvalue weighted by molar-refractivity contribution is -0.885. The summed E-state index contributed by atoms with van der Waals surface area (Å²) in [6.45, 7) is 3.67. The SMILES string of the molecule is CCC(=O)N(c1ccccc1)C1CC[N+]([O-])(CCc2ccccc2)CC1.Cl. The summed E-state index contributed by atoms with van der Waals surface area (Å²) < 4.78 is -0.145. The Balaban J connectivity index is 0.00000261. The van der Waals surface area contributed by atoms with E-state index in [0.29, 0.717) is 26.1 Å². The highest BCUT2D eigenvalue weighted by atomic mass is 35.5. The van der Waals surface area contributed by atoms with Crippen LogP contribution >= 0.6 is 12.4 Å². The van der Waals surface area contributed by atoms with Gasteiger partial charge in [0, 0.05) is 37.4 Å². The number of likely N-dealkylation sites (tertiary alicyclic amines) is 1. The highest BCUT2D eigenvalue weighted by molar-refractivity contribution is 5.93. The highest BCUT2D eigenvalue weighted by Crippen LogP contribution is 2.27. The van der Waals surface area contributed by atoms with Crippen molar-refractivity contribution in [3.63, 3.8) is 0 Å². The number of rotatable bonds is 6. The molecule has 3 rings (SSSR count). The summed E-state index contributed by atoms with van der Waals surface area (Å²) in [5.41, 5.74) is 2.16. The van der Waals surface area contributed by atoms with E-state index >= 15 is 0 Å². The Kier molecular flexibility index (Phi) is 7.84. The first-order valence-corrected chi connectivity index (χ1v) is 9.59. The van der Waals surface area contributed by atoms with Crippen LogP contribution in [0.5, 0.6) is 0 Å². The van der Waals surface area contributed by atoms with E-state index in [9.17, 15) is 10.0 Å². The van der Waals surface area contributed by atoms with Crippen LogP contribution in [0.1, 0.15) is 31.7 Å².